The highest BCUT2D eigenvalue weighted by atomic mass is 79.9. The summed E-state index contributed by atoms with van der Waals surface area (Å²) in [5.41, 5.74) is 1.94. The Morgan fingerprint density at radius 1 is 1.09 bits per heavy atom. The molecule has 5 rings (SSSR count). The third-order valence-corrected chi connectivity index (χ3v) is 5.89. The molecule has 0 unspecified atom stereocenters. The number of anilines is 1. The number of carbonyl (C=O) groups excluding carboxylic acids is 1. The molecule has 3 heterocycles. The van der Waals surface area contributed by atoms with Gasteiger partial charge in [0.2, 0.25) is 5.58 Å². The van der Waals surface area contributed by atoms with Crippen molar-refractivity contribution in [3.05, 3.63) is 85.3 Å². The fraction of sp³-hybridized carbons (Fsp3) is 0. The zero-order valence-corrected chi connectivity index (χ0v) is 19.0. The number of hydrogen-bond donors (Lipinski definition) is 2. The molecule has 5 aromatic rings. The van der Waals surface area contributed by atoms with Crippen LogP contribution in [0.15, 0.2) is 68.5 Å². The smallest absolute Gasteiger partial charge is 0.294 e. The third kappa shape index (κ3) is 3.66. The van der Waals surface area contributed by atoms with Gasteiger partial charge in [0.25, 0.3) is 11.5 Å². The van der Waals surface area contributed by atoms with Gasteiger partial charge in [-0.05, 0) is 42.5 Å². The minimum Gasteiger partial charge on any atom is -0.449 e. The van der Waals surface area contributed by atoms with Crippen LogP contribution >= 0.6 is 39.1 Å². The average Bonchev–Trinajstić information content (AvgIpc) is 3.12. The van der Waals surface area contributed by atoms with Crippen LogP contribution in [-0.2, 0) is 0 Å². The lowest BCUT2D eigenvalue weighted by Crippen LogP contribution is -2.12. The summed E-state index contributed by atoms with van der Waals surface area (Å²) in [6.07, 6.45) is 2.87. The van der Waals surface area contributed by atoms with E-state index in [0.29, 0.717) is 32.8 Å². The van der Waals surface area contributed by atoms with Crippen LogP contribution in [0.2, 0.25) is 10.0 Å². The monoisotopic (exact) mass is 528 g/mol. The number of aromatic nitrogens is 3. The summed E-state index contributed by atoms with van der Waals surface area (Å²) >= 11 is 15.9. The maximum Gasteiger partial charge on any atom is 0.294 e. The largest absolute Gasteiger partial charge is 0.449 e. The molecular formula is C22H11BrCl2N4O3. The minimum atomic E-state index is -0.418. The number of benzene rings is 2. The number of pyridine rings is 1. The first-order valence-corrected chi connectivity index (χ1v) is 10.8. The van der Waals surface area contributed by atoms with Gasteiger partial charge in [0, 0.05) is 33.5 Å². The Bertz CT molecular complexity index is 1600. The van der Waals surface area contributed by atoms with Crippen molar-refractivity contribution in [1.29, 1.82) is 0 Å². The van der Waals surface area contributed by atoms with Gasteiger partial charge in [-0.15, -0.1) is 0 Å². The van der Waals surface area contributed by atoms with Crippen molar-refractivity contribution < 1.29 is 9.21 Å². The van der Waals surface area contributed by atoms with Crippen molar-refractivity contribution in [1.82, 2.24) is 15.0 Å². The number of halogens is 3. The van der Waals surface area contributed by atoms with E-state index in [2.05, 4.69) is 36.2 Å². The quantitative estimate of drug-likeness (QED) is 0.296. The molecule has 0 fully saturated rings. The molecule has 1 amide bonds. The van der Waals surface area contributed by atoms with E-state index in [1.54, 1.807) is 24.3 Å². The van der Waals surface area contributed by atoms with Crippen LogP contribution in [0.4, 0.5) is 5.69 Å². The van der Waals surface area contributed by atoms with Crippen LogP contribution in [0, 0.1) is 0 Å². The molecule has 0 saturated carbocycles. The van der Waals surface area contributed by atoms with Crippen molar-refractivity contribution in [2.45, 2.75) is 0 Å². The van der Waals surface area contributed by atoms with Crippen LogP contribution in [0.5, 0.6) is 0 Å². The molecule has 0 radical (unpaired) electrons. The van der Waals surface area contributed by atoms with Gasteiger partial charge in [0.15, 0.2) is 0 Å². The highest BCUT2D eigenvalue weighted by Crippen LogP contribution is 2.32. The molecule has 0 saturated heterocycles. The summed E-state index contributed by atoms with van der Waals surface area (Å²) in [5, 5.41) is 3.97. The Morgan fingerprint density at radius 2 is 1.94 bits per heavy atom. The number of nitrogens with one attached hydrogen (secondary N) is 2. The Balaban J connectivity index is 1.53. The lowest BCUT2D eigenvalue weighted by Gasteiger charge is -2.09. The number of aromatic amines is 1. The van der Waals surface area contributed by atoms with Gasteiger partial charge < -0.3 is 14.7 Å². The van der Waals surface area contributed by atoms with E-state index in [0.717, 1.165) is 4.47 Å². The van der Waals surface area contributed by atoms with Gasteiger partial charge >= 0.3 is 0 Å². The fourth-order valence-corrected chi connectivity index (χ4v) is 4.13. The van der Waals surface area contributed by atoms with Crippen LogP contribution in [0.1, 0.15) is 10.4 Å². The van der Waals surface area contributed by atoms with Gasteiger partial charge in [0.1, 0.15) is 16.9 Å². The average molecular weight is 530 g/mol. The SMILES string of the molecule is O=C(Nc1ccc(-c2nc3c(oc4ccc(Br)cc43)c(=O)[nH]2)c(Cl)c1)c1ccncc1Cl. The van der Waals surface area contributed by atoms with E-state index in [-0.39, 0.29) is 22.0 Å². The first-order chi connectivity index (χ1) is 15.4. The number of hydrogen-bond acceptors (Lipinski definition) is 5. The Labute approximate surface area is 198 Å². The molecule has 0 aliphatic rings. The van der Waals surface area contributed by atoms with Crippen molar-refractivity contribution >= 4 is 72.8 Å². The molecule has 7 nitrogen and oxygen atoms in total. The Hall–Kier alpha value is -3.20. The second kappa shape index (κ2) is 8.05. The number of rotatable bonds is 3. The zero-order valence-electron chi connectivity index (χ0n) is 15.9. The number of fused-ring (bicyclic) bond motifs is 3. The van der Waals surface area contributed by atoms with Crippen LogP contribution in [0.25, 0.3) is 33.5 Å². The lowest BCUT2D eigenvalue weighted by molar-refractivity contribution is 0.102. The summed E-state index contributed by atoms with van der Waals surface area (Å²) < 4.78 is 6.49. The highest BCUT2D eigenvalue weighted by molar-refractivity contribution is 9.10. The first kappa shape index (κ1) is 20.7. The summed E-state index contributed by atoms with van der Waals surface area (Å²) in [6.45, 7) is 0. The van der Waals surface area contributed by atoms with Gasteiger partial charge in [-0.25, -0.2) is 4.98 Å². The molecule has 0 aliphatic carbocycles. The molecule has 2 N–H and O–H groups in total. The van der Waals surface area contributed by atoms with Crippen molar-refractivity contribution in [2.75, 3.05) is 5.32 Å². The van der Waals surface area contributed by atoms with Crippen molar-refractivity contribution in [3.63, 3.8) is 0 Å². The Morgan fingerprint density at radius 3 is 2.72 bits per heavy atom. The van der Waals surface area contributed by atoms with Crippen LogP contribution < -0.4 is 10.9 Å². The highest BCUT2D eigenvalue weighted by Gasteiger charge is 2.17. The molecule has 0 aliphatic heterocycles. The van der Waals surface area contributed by atoms with Crippen molar-refractivity contribution in [3.8, 4) is 11.4 Å². The molecular weight excluding hydrogens is 519 g/mol. The molecule has 0 bridgehead atoms. The standard InChI is InChI=1S/C22H11BrCl2N4O3/c23-10-1-4-17-14(7-10)18-19(32-17)22(31)29-20(28-18)12-3-2-11(8-15(12)24)27-21(30)13-5-6-26-9-16(13)25/h1-9H,(H,27,30)(H,28,29,31). The molecule has 158 valence electrons. The van der Waals surface area contributed by atoms with Crippen LogP contribution in [-0.4, -0.2) is 20.9 Å². The molecule has 32 heavy (non-hydrogen) atoms. The predicted molar refractivity (Wildman–Crippen MR) is 127 cm³/mol. The van der Waals surface area contributed by atoms with E-state index in [1.165, 1.54) is 18.5 Å². The summed E-state index contributed by atoms with van der Waals surface area (Å²) in [4.78, 5) is 36.2. The number of carbonyl (C=O) groups is 1. The zero-order chi connectivity index (χ0) is 22.4. The van der Waals surface area contributed by atoms with E-state index < -0.39 is 11.5 Å². The van der Waals surface area contributed by atoms with E-state index >= 15 is 0 Å². The van der Waals surface area contributed by atoms with Gasteiger partial charge in [-0.2, -0.15) is 0 Å². The topological polar surface area (TPSA) is 101 Å². The van der Waals surface area contributed by atoms with E-state index in [9.17, 15) is 9.59 Å². The van der Waals surface area contributed by atoms with Crippen LogP contribution in [0.3, 0.4) is 0 Å². The molecule has 0 atom stereocenters. The number of furan rings is 1. The molecule has 10 heteroatoms. The van der Waals surface area contributed by atoms with Gasteiger partial charge in [-0.3, -0.25) is 14.6 Å². The fourth-order valence-electron chi connectivity index (χ4n) is 3.30. The maximum atomic E-state index is 12.6. The van der Waals surface area contributed by atoms with Gasteiger partial charge in [0.05, 0.1) is 15.6 Å². The third-order valence-electron chi connectivity index (χ3n) is 4.78. The lowest BCUT2D eigenvalue weighted by atomic mass is 10.1. The Kier molecular flexibility index (Phi) is 5.21. The number of amides is 1. The first-order valence-electron chi connectivity index (χ1n) is 9.23. The second-order valence-electron chi connectivity index (χ2n) is 6.84. The molecule has 0 spiro atoms. The normalized spacial score (nSPS) is 11.2. The molecule has 3 aromatic heterocycles. The second-order valence-corrected chi connectivity index (χ2v) is 8.57. The molecule has 2 aromatic carbocycles. The number of H-pyrrole nitrogens is 1. The number of nitrogens with zero attached hydrogens (tertiary/aromatic N) is 2. The minimum absolute atomic E-state index is 0.135. The maximum absolute atomic E-state index is 12.6. The summed E-state index contributed by atoms with van der Waals surface area (Å²) in [5.74, 6) is -0.116. The predicted octanol–water partition coefficient (Wildman–Crippen LogP) is 6.05. The van der Waals surface area contributed by atoms with Gasteiger partial charge in [-0.1, -0.05) is 39.1 Å². The van der Waals surface area contributed by atoms with Crippen molar-refractivity contribution in [2.24, 2.45) is 0 Å². The van der Waals surface area contributed by atoms with E-state index in [4.69, 9.17) is 27.6 Å². The summed E-state index contributed by atoms with van der Waals surface area (Å²) in [7, 11) is 0. The summed E-state index contributed by atoms with van der Waals surface area (Å²) in [6, 6.07) is 11.8. The van der Waals surface area contributed by atoms with E-state index in [1.807, 2.05) is 12.1 Å².